The minimum atomic E-state index is -0.179. The SMILES string of the molecule is CNc1ccc(C(=O)NCC2CN(C)CCN2C)nn1. The lowest BCUT2D eigenvalue weighted by atomic mass is 10.2. The van der Waals surface area contributed by atoms with E-state index in [1.165, 1.54) is 0 Å². The fourth-order valence-electron chi connectivity index (χ4n) is 2.21. The second kappa shape index (κ2) is 6.62. The molecule has 2 rings (SSSR count). The maximum atomic E-state index is 12.0. The van der Waals surface area contributed by atoms with Crippen molar-refractivity contribution in [3.63, 3.8) is 0 Å². The first kappa shape index (κ1) is 14.7. The number of rotatable bonds is 4. The number of nitrogens with zero attached hydrogens (tertiary/aromatic N) is 4. The highest BCUT2D eigenvalue weighted by Crippen LogP contribution is 2.05. The second-order valence-corrected chi connectivity index (χ2v) is 5.16. The van der Waals surface area contributed by atoms with Crippen LogP contribution in [-0.2, 0) is 0 Å². The first-order chi connectivity index (χ1) is 9.60. The quantitative estimate of drug-likeness (QED) is 0.773. The van der Waals surface area contributed by atoms with Gasteiger partial charge in [0, 0.05) is 39.3 Å². The summed E-state index contributed by atoms with van der Waals surface area (Å²) < 4.78 is 0. The number of likely N-dealkylation sites (N-methyl/N-ethyl adjacent to an activating group) is 2. The van der Waals surface area contributed by atoms with Crippen LogP contribution in [0.5, 0.6) is 0 Å². The van der Waals surface area contributed by atoms with E-state index in [1.54, 1.807) is 19.2 Å². The van der Waals surface area contributed by atoms with Crippen LogP contribution >= 0.6 is 0 Å². The van der Waals surface area contributed by atoms with Crippen molar-refractivity contribution < 1.29 is 4.79 Å². The van der Waals surface area contributed by atoms with Gasteiger partial charge in [0.1, 0.15) is 5.82 Å². The standard InChI is InChI=1S/C13H22N6O/c1-14-12-5-4-11(16-17-12)13(20)15-8-10-9-18(2)6-7-19(10)3/h4-5,10H,6-9H2,1-3H3,(H,14,17)(H,15,20). The first-order valence-corrected chi connectivity index (χ1v) is 6.78. The summed E-state index contributed by atoms with van der Waals surface area (Å²) in [6, 6.07) is 3.75. The highest BCUT2D eigenvalue weighted by Gasteiger charge is 2.22. The molecule has 0 bridgehead atoms. The first-order valence-electron chi connectivity index (χ1n) is 6.78. The molecule has 2 heterocycles. The molecule has 1 aromatic heterocycles. The van der Waals surface area contributed by atoms with E-state index in [0.29, 0.717) is 24.1 Å². The maximum absolute atomic E-state index is 12.0. The summed E-state index contributed by atoms with van der Waals surface area (Å²) in [7, 11) is 5.95. The van der Waals surface area contributed by atoms with Gasteiger partial charge in [-0.1, -0.05) is 0 Å². The molecule has 110 valence electrons. The summed E-state index contributed by atoms with van der Waals surface area (Å²) in [6.45, 7) is 3.67. The van der Waals surface area contributed by atoms with E-state index in [9.17, 15) is 4.79 Å². The van der Waals surface area contributed by atoms with Crippen molar-refractivity contribution in [3.05, 3.63) is 17.8 Å². The van der Waals surface area contributed by atoms with Crippen molar-refractivity contribution in [2.75, 3.05) is 52.6 Å². The molecular weight excluding hydrogens is 256 g/mol. The third-order valence-corrected chi connectivity index (χ3v) is 3.63. The Morgan fingerprint density at radius 1 is 1.35 bits per heavy atom. The van der Waals surface area contributed by atoms with E-state index in [1.807, 2.05) is 0 Å². The highest BCUT2D eigenvalue weighted by atomic mass is 16.1. The number of hydrogen-bond acceptors (Lipinski definition) is 6. The Balaban J connectivity index is 1.87. The third-order valence-electron chi connectivity index (χ3n) is 3.63. The zero-order valence-corrected chi connectivity index (χ0v) is 12.3. The third kappa shape index (κ3) is 3.64. The summed E-state index contributed by atoms with van der Waals surface area (Å²) in [5.74, 6) is 0.469. The highest BCUT2D eigenvalue weighted by molar-refractivity contribution is 5.92. The van der Waals surface area contributed by atoms with Crippen molar-refractivity contribution in [1.82, 2.24) is 25.3 Å². The van der Waals surface area contributed by atoms with Gasteiger partial charge in [0.2, 0.25) is 0 Å². The summed E-state index contributed by atoms with van der Waals surface area (Å²) >= 11 is 0. The Morgan fingerprint density at radius 3 is 2.80 bits per heavy atom. The molecule has 0 spiro atoms. The number of hydrogen-bond donors (Lipinski definition) is 2. The lowest BCUT2D eigenvalue weighted by molar-refractivity contribution is 0.0876. The van der Waals surface area contributed by atoms with Crippen LogP contribution < -0.4 is 10.6 Å². The molecule has 1 saturated heterocycles. The summed E-state index contributed by atoms with van der Waals surface area (Å²) in [5, 5.41) is 13.6. The van der Waals surface area contributed by atoms with Crippen LogP contribution in [0.2, 0.25) is 0 Å². The average molecular weight is 278 g/mol. The van der Waals surface area contributed by atoms with E-state index < -0.39 is 0 Å². The van der Waals surface area contributed by atoms with Crippen LogP contribution in [0, 0.1) is 0 Å². The molecule has 1 amide bonds. The molecule has 1 unspecified atom stereocenters. The van der Waals surface area contributed by atoms with Crippen molar-refractivity contribution in [2.45, 2.75) is 6.04 Å². The number of nitrogens with one attached hydrogen (secondary N) is 2. The molecule has 20 heavy (non-hydrogen) atoms. The largest absolute Gasteiger partial charge is 0.372 e. The van der Waals surface area contributed by atoms with Gasteiger partial charge < -0.3 is 15.5 Å². The molecule has 1 fully saturated rings. The van der Waals surface area contributed by atoms with E-state index >= 15 is 0 Å². The van der Waals surface area contributed by atoms with Crippen molar-refractivity contribution >= 4 is 11.7 Å². The molecule has 7 heteroatoms. The van der Waals surface area contributed by atoms with Gasteiger partial charge >= 0.3 is 0 Å². The smallest absolute Gasteiger partial charge is 0.271 e. The van der Waals surface area contributed by atoms with E-state index in [2.05, 4.69) is 44.7 Å². The molecule has 0 aliphatic carbocycles. The van der Waals surface area contributed by atoms with Gasteiger partial charge in [0.05, 0.1) is 0 Å². The molecular formula is C13H22N6O. The Hall–Kier alpha value is -1.73. The fourth-order valence-corrected chi connectivity index (χ4v) is 2.21. The van der Waals surface area contributed by atoms with Crippen LogP contribution in [0.25, 0.3) is 0 Å². The van der Waals surface area contributed by atoms with Crippen molar-refractivity contribution in [3.8, 4) is 0 Å². The summed E-state index contributed by atoms with van der Waals surface area (Å²) in [6.07, 6.45) is 0. The summed E-state index contributed by atoms with van der Waals surface area (Å²) in [4.78, 5) is 16.6. The Morgan fingerprint density at radius 2 is 2.15 bits per heavy atom. The molecule has 7 nitrogen and oxygen atoms in total. The number of amides is 1. The molecule has 0 radical (unpaired) electrons. The maximum Gasteiger partial charge on any atom is 0.271 e. The van der Waals surface area contributed by atoms with Crippen LogP contribution in [0.15, 0.2) is 12.1 Å². The Bertz CT molecular complexity index is 449. The van der Waals surface area contributed by atoms with Crippen LogP contribution in [0.3, 0.4) is 0 Å². The van der Waals surface area contributed by atoms with Crippen molar-refractivity contribution in [1.29, 1.82) is 0 Å². The molecule has 1 atom stereocenters. The van der Waals surface area contributed by atoms with Gasteiger partial charge in [0.15, 0.2) is 5.69 Å². The Kier molecular flexibility index (Phi) is 4.86. The Labute approximate surface area is 119 Å². The lowest BCUT2D eigenvalue weighted by Gasteiger charge is -2.37. The number of carbonyl (C=O) groups is 1. The minimum absolute atomic E-state index is 0.179. The second-order valence-electron chi connectivity index (χ2n) is 5.16. The molecule has 1 aliphatic rings. The summed E-state index contributed by atoms with van der Waals surface area (Å²) in [5.41, 5.74) is 0.343. The van der Waals surface area contributed by atoms with Crippen LogP contribution in [0.4, 0.5) is 5.82 Å². The van der Waals surface area contributed by atoms with Gasteiger partial charge in [0.25, 0.3) is 5.91 Å². The normalized spacial score (nSPS) is 20.6. The molecule has 0 saturated carbocycles. The predicted octanol–water partition coefficient (Wildman–Crippen LogP) is -0.506. The lowest BCUT2D eigenvalue weighted by Crippen LogP contribution is -2.54. The van der Waals surface area contributed by atoms with E-state index in [-0.39, 0.29) is 5.91 Å². The average Bonchev–Trinajstić information content (AvgIpc) is 2.48. The van der Waals surface area contributed by atoms with E-state index in [4.69, 9.17) is 0 Å². The molecule has 2 N–H and O–H groups in total. The predicted molar refractivity (Wildman–Crippen MR) is 77.8 cm³/mol. The number of aromatic nitrogens is 2. The topological polar surface area (TPSA) is 73.4 Å². The molecule has 1 aromatic rings. The number of carbonyl (C=O) groups excluding carboxylic acids is 1. The molecule has 0 aromatic carbocycles. The number of anilines is 1. The fraction of sp³-hybridized carbons (Fsp3) is 0.615. The number of piperazine rings is 1. The van der Waals surface area contributed by atoms with Gasteiger partial charge in [-0.2, -0.15) is 0 Å². The van der Waals surface area contributed by atoms with E-state index in [0.717, 1.165) is 19.6 Å². The van der Waals surface area contributed by atoms with Gasteiger partial charge in [-0.25, -0.2) is 0 Å². The zero-order chi connectivity index (χ0) is 14.5. The minimum Gasteiger partial charge on any atom is -0.372 e. The van der Waals surface area contributed by atoms with Crippen LogP contribution in [0.1, 0.15) is 10.5 Å². The van der Waals surface area contributed by atoms with Gasteiger partial charge in [-0.05, 0) is 26.2 Å². The monoisotopic (exact) mass is 278 g/mol. The van der Waals surface area contributed by atoms with Crippen LogP contribution in [-0.4, -0.2) is 79.3 Å². The van der Waals surface area contributed by atoms with Crippen molar-refractivity contribution in [2.24, 2.45) is 0 Å². The van der Waals surface area contributed by atoms with Gasteiger partial charge in [-0.3, -0.25) is 9.69 Å². The molecule has 1 aliphatic heterocycles. The zero-order valence-electron chi connectivity index (χ0n) is 12.3. The van der Waals surface area contributed by atoms with Gasteiger partial charge in [-0.15, -0.1) is 10.2 Å².